The Morgan fingerprint density at radius 2 is 1.86 bits per heavy atom. The van der Waals surface area contributed by atoms with Crippen molar-refractivity contribution in [3.63, 3.8) is 0 Å². The molecule has 1 N–H and O–H groups in total. The molecule has 0 aliphatic carbocycles. The van der Waals surface area contributed by atoms with E-state index in [4.69, 9.17) is 4.74 Å². The van der Waals surface area contributed by atoms with E-state index in [0.29, 0.717) is 22.8 Å². The standard InChI is InChI=1S/C26H23BrF2N4O3/c1-14-12-31-25(26(3,4)35)32-23(14)20-11-18(7-8-30-20)33-15(2)9-21(22(27)24(33)34)36-13-16-5-6-17(28)10-19(16)29/h5-12,35H,13H2,1-4H3. The van der Waals surface area contributed by atoms with Gasteiger partial charge in [-0.15, -0.1) is 0 Å². The van der Waals surface area contributed by atoms with Gasteiger partial charge in [-0.3, -0.25) is 14.3 Å². The van der Waals surface area contributed by atoms with Crippen LogP contribution >= 0.6 is 15.9 Å². The lowest BCUT2D eigenvalue weighted by atomic mass is 10.1. The van der Waals surface area contributed by atoms with Gasteiger partial charge in [0.15, 0.2) is 5.82 Å². The number of aromatic nitrogens is 4. The summed E-state index contributed by atoms with van der Waals surface area (Å²) in [5.74, 6) is -0.923. The molecule has 36 heavy (non-hydrogen) atoms. The van der Waals surface area contributed by atoms with Crippen molar-refractivity contribution >= 4 is 15.9 Å². The molecule has 0 fully saturated rings. The normalized spacial score (nSPS) is 11.6. The SMILES string of the molecule is Cc1cnc(C(C)(C)O)nc1-c1cc(-n2c(C)cc(OCc3ccc(F)cc3F)c(Br)c2=O)ccn1. The number of rotatable bonds is 6. The Hall–Kier alpha value is -3.50. The number of halogens is 3. The molecule has 0 saturated heterocycles. The fourth-order valence-electron chi connectivity index (χ4n) is 3.59. The van der Waals surface area contributed by atoms with E-state index in [-0.39, 0.29) is 28.2 Å². The second-order valence-electron chi connectivity index (χ2n) is 8.81. The number of hydrogen-bond acceptors (Lipinski definition) is 6. The van der Waals surface area contributed by atoms with Gasteiger partial charge in [0.05, 0.1) is 17.1 Å². The van der Waals surface area contributed by atoms with Crippen LogP contribution in [0.2, 0.25) is 0 Å². The predicted molar refractivity (Wildman–Crippen MR) is 134 cm³/mol. The van der Waals surface area contributed by atoms with E-state index in [0.717, 1.165) is 17.7 Å². The Morgan fingerprint density at radius 1 is 1.11 bits per heavy atom. The number of pyridine rings is 2. The summed E-state index contributed by atoms with van der Waals surface area (Å²) in [7, 11) is 0. The van der Waals surface area contributed by atoms with E-state index in [1.54, 1.807) is 51.4 Å². The van der Waals surface area contributed by atoms with Crippen LogP contribution in [0.25, 0.3) is 17.1 Å². The molecule has 3 heterocycles. The average Bonchev–Trinajstić information content (AvgIpc) is 2.81. The Morgan fingerprint density at radius 3 is 2.56 bits per heavy atom. The van der Waals surface area contributed by atoms with Gasteiger partial charge in [-0.1, -0.05) is 0 Å². The zero-order valence-electron chi connectivity index (χ0n) is 20.0. The fraction of sp³-hybridized carbons (Fsp3) is 0.231. The summed E-state index contributed by atoms with van der Waals surface area (Å²) < 4.78 is 34.4. The van der Waals surface area contributed by atoms with Crippen molar-refractivity contribution in [2.45, 2.75) is 39.9 Å². The highest BCUT2D eigenvalue weighted by Gasteiger charge is 2.22. The molecule has 4 aromatic rings. The molecule has 10 heteroatoms. The van der Waals surface area contributed by atoms with Gasteiger partial charge in [-0.25, -0.2) is 18.7 Å². The molecule has 0 saturated carbocycles. The second kappa shape index (κ2) is 9.87. The molecule has 7 nitrogen and oxygen atoms in total. The van der Waals surface area contributed by atoms with Crippen LogP contribution < -0.4 is 10.3 Å². The molecule has 0 spiro atoms. The first-order valence-corrected chi connectivity index (χ1v) is 11.8. The topological polar surface area (TPSA) is 90.1 Å². The monoisotopic (exact) mass is 556 g/mol. The van der Waals surface area contributed by atoms with E-state index < -0.39 is 22.8 Å². The summed E-state index contributed by atoms with van der Waals surface area (Å²) in [5.41, 5.74) is 1.45. The summed E-state index contributed by atoms with van der Waals surface area (Å²) in [6.45, 7) is 6.59. The molecule has 0 unspecified atom stereocenters. The van der Waals surface area contributed by atoms with Crippen LogP contribution in [0.3, 0.4) is 0 Å². The molecular formula is C26H23BrF2N4O3. The van der Waals surface area contributed by atoms with Crippen molar-refractivity contribution in [3.05, 3.63) is 97.9 Å². The molecule has 0 bridgehead atoms. The maximum atomic E-state index is 14.0. The van der Waals surface area contributed by atoms with Crippen LogP contribution in [0.15, 0.2) is 58.1 Å². The molecule has 4 rings (SSSR count). The van der Waals surface area contributed by atoms with Crippen LogP contribution in [-0.2, 0) is 12.2 Å². The van der Waals surface area contributed by atoms with Gasteiger partial charge in [0, 0.05) is 35.8 Å². The van der Waals surface area contributed by atoms with Gasteiger partial charge in [0.1, 0.15) is 34.1 Å². The number of aliphatic hydroxyl groups is 1. The molecule has 186 valence electrons. The van der Waals surface area contributed by atoms with Crippen LogP contribution in [0.1, 0.15) is 36.5 Å². The first kappa shape index (κ1) is 25.6. The summed E-state index contributed by atoms with van der Waals surface area (Å²) in [6.07, 6.45) is 3.19. The predicted octanol–water partition coefficient (Wildman–Crippen LogP) is 5.15. The summed E-state index contributed by atoms with van der Waals surface area (Å²) in [4.78, 5) is 26.4. The fourth-order valence-corrected chi connectivity index (χ4v) is 3.99. The minimum absolute atomic E-state index is 0.150. The van der Waals surface area contributed by atoms with Gasteiger partial charge >= 0.3 is 0 Å². The van der Waals surface area contributed by atoms with Crippen molar-refractivity contribution in [2.24, 2.45) is 0 Å². The quantitative estimate of drug-likeness (QED) is 0.353. The highest BCUT2D eigenvalue weighted by molar-refractivity contribution is 9.10. The number of aryl methyl sites for hydroxylation is 2. The third kappa shape index (κ3) is 5.19. The Bertz CT molecular complexity index is 1520. The van der Waals surface area contributed by atoms with E-state index in [9.17, 15) is 18.7 Å². The molecule has 0 aliphatic heterocycles. The Balaban J connectivity index is 1.70. The minimum atomic E-state index is -1.23. The van der Waals surface area contributed by atoms with Crippen molar-refractivity contribution in [3.8, 4) is 22.8 Å². The lowest BCUT2D eigenvalue weighted by Crippen LogP contribution is -2.22. The van der Waals surface area contributed by atoms with Crippen LogP contribution in [0.4, 0.5) is 8.78 Å². The van der Waals surface area contributed by atoms with Crippen molar-refractivity contribution < 1.29 is 18.6 Å². The zero-order chi connectivity index (χ0) is 26.2. The third-order valence-corrected chi connectivity index (χ3v) is 6.19. The van der Waals surface area contributed by atoms with Crippen LogP contribution in [0, 0.1) is 25.5 Å². The number of ether oxygens (including phenoxy) is 1. The molecule has 3 aromatic heterocycles. The van der Waals surface area contributed by atoms with Crippen molar-refractivity contribution in [2.75, 3.05) is 0 Å². The van der Waals surface area contributed by atoms with Crippen molar-refractivity contribution in [1.29, 1.82) is 0 Å². The van der Waals surface area contributed by atoms with Gasteiger partial charge < -0.3 is 9.84 Å². The Kier molecular flexibility index (Phi) is 7.01. The van der Waals surface area contributed by atoms with Crippen LogP contribution in [0.5, 0.6) is 5.75 Å². The first-order chi connectivity index (χ1) is 17.0. The molecule has 0 aliphatic rings. The van der Waals surface area contributed by atoms with Gasteiger partial charge in [-0.05, 0) is 73.5 Å². The Labute approximate surface area is 214 Å². The lowest BCUT2D eigenvalue weighted by Gasteiger charge is -2.17. The van der Waals surface area contributed by atoms with Crippen molar-refractivity contribution in [1.82, 2.24) is 19.5 Å². The third-order valence-electron chi connectivity index (χ3n) is 5.46. The van der Waals surface area contributed by atoms with E-state index in [1.807, 2.05) is 6.92 Å². The van der Waals surface area contributed by atoms with Gasteiger partial charge in [0.2, 0.25) is 0 Å². The number of benzene rings is 1. The summed E-state index contributed by atoms with van der Waals surface area (Å²) in [6, 6.07) is 8.27. The van der Waals surface area contributed by atoms with Crippen LogP contribution in [-0.4, -0.2) is 24.6 Å². The number of hydrogen-bond donors (Lipinski definition) is 1. The zero-order valence-corrected chi connectivity index (χ0v) is 21.6. The van der Waals surface area contributed by atoms with Gasteiger partial charge in [0.25, 0.3) is 5.56 Å². The molecule has 0 amide bonds. The lowest BCUT2D eigenvalue weighted by molar-refractivity contribution is 0.0688. The molecule has 1 aromatic carbocycles. The second-order valence-corrected chi connectivity index (χ2v) is 9.61. The first-order valence-electron chi connectivity index (χ1n) is 11.0. The summed E-state index contributed by atoms with van der Waals surface area (Å²) in [5, 5.41) is 10.3. The highest BCUT2D eigenvalue weighted by atomic mass is 79.9. The minimum Gasteiger partial charge on any atom is -0.487 e. The van der Waals surface area contributed by atoms with E-state index in [2.05, 4.69) is 30.9 Å². The largest absolute Gasteiger partial charge is 0.487 e. The molecular weight excluding hydrogens is 534 g/mol. The van der Waals surface area contributed by atoms with E-state index in [1.165, 1.54) is 10.6 Å². The maximum Gasteiger partial charge on any atom is 0.273 e. The summed E-state index contributed by atoms with van der Waals surface area (Å²) >= 11 is 3.30. The maximum absolute atomic E-state index is 14.0. The van der Waals surface area contributed by atoms with Gasteiger partial charge in [-0.2, -0.15) is 0 Å². The highest BCUT2D eigenvalue weighted by Crippen LogP contribution is 2.27. The smallest absolute Gasteiger partial charge is 0.273 e. The van der Waals surface area contributed by atoms with E-state index >= 15 is 0 Å². The molecule has 0 radical (unpaired) electrons. The average molecular weight is 557 g/mol. The molecule has 0 atom stereocenters. The number of nitrogens with zero attached hydrogens (tertiary/aromatic N) is 4.